The van der Waals surface area contributed by atoms with Crippen LogP contribution in [0, 0.1) is 5.82 Å². The summed E-state index contributed by atoms with van der Waals surface area (Å²) in [4.78, 5) is 14.6. The third-order valence-electron chi connectivity index (χ3n) is 5.10. The fourth-order valence-electron chi connectivity index (χ4n) is 3.45. The van der Waals surface area contributed by atoms with E-state index in [0.29, 0.717) is 11.1 Å². The molecule has 1 unspecified atom stereocenters. The van der Waals surface area contributed by atoms with Crippen molar-refractivity contribution in [2.24, 2.45) is 0 Å². The van der Waals surface area contributed by atoms with Gasteiger partial charge in [0.2, 0.25) is 0 Å². The first-order valence-electron chi connectivity index (χ1n) is 9.31. The maximum absolute atomic E-state index is 13.9. The Bertz CT molecular complexity index is 1320. The van der Waals surface area contributed by atoms with E-state index >= 15 is 0 Å². The van der Waals surface area contributed by atoms with Gasteiger partial charge in [-0.3, -0.25) is 9.69 Å². The molecule has 32 heavy (non-hydrogen) atoms. The van der Waals surface area contributed by atoms with Gasteiger partial charge in [0, 0.05) is 7.05 Å². The van der Waals surface area contributed by atoms with Crippen LogP contribution in [0.15, 0.2) is 82.2 Å². The highest BCUT2D eigenvalue weighted by Crippen LogP contribution is 2.38. The molecule has 0 spiro atoms. The predicted octanol–water partition coefficient (Wildman–Crippen LogP) is 3.95. The zero-order valence-electron chi connectivity index (χ0n) is 16.6. The van der Waals surface area contributed by atoms with Gasteiger partial charge in [-0.1, -0.05) is 36.4 Å². The van der Waals surface area contributed by atoms with Crippen molar-refractivity contribution in [2.45, 2.75) is 10.4 Å². The standard InChI is InChI=1S/C22H16BrFN2O4S2/c1-26-20(27)22(25-21(26)31,15-9-12-19(24)18(23)13-15)14-7-10-16(11-8-14)30-32(28,29)17-5-3-2-4-6-17/h2-13H,1H3,(H,25,31). The third-order valence-corrected chi connectivity index (χ3v) is 7.35. The lowest BCUT2D eigenvalue weighted by Gasteiger charge is -2.28. The van der Waals surface area contributed by atoms with Gasteiger partial charge in [-0.25, -0.2) is 4.39 Å². The molecule has 1 aliphatic heterocycles. The Morgan fingerprint density at radius 2 is 1.66 bits per heavy atom. The average molecular weight is 535 g/mol. The van der Waals surface area contributed by atoms with Crippen LogP contribution in [-0.4, -0.2) is 31.4 Å². The second-order valence-electron chi connectivity index (χ2n) is 7.05. The van der Waals surface area contributed by atoms with Crippen LogP contribution in [0.1, 0.15) is 11.1 Å². The van der Waals surface area contributed by atoms with Gasteiger partial charge in [0.1, 0.15) is 16.5 Å². The smallest absolute Gasteiger partial charge is 0.339 e. The number of thiocarbonyl (C=S) groups is 1. The summed E-state index contributed by atoms with van der Waals surface area (Å²) in [7, 11) is -2.47. The highest BCUT2D eigenvalue weighted by Gasteiger charge is 2.51. The highest BCUT2D eigenvalue weighted by atomic mass is 79.9. The largest absolute Gasteiger partial charge is 0.379 e. The Balaban J connectivity index is 1.74. The number of carbonyl (C=O) groups excluding carboxylic acids is 1. The summed E-state index contributed by atoms with van der Waals surface area (Å²) in [5, 5.41) is 3.26. The zero-order chi connectivity index (χ0) is 23.1. The molecule has 0 aliphatic carbocycles. The summed E-state index contributed by atoms with van der Waals surface area (Å²) in [5.41, 5.74) is -0.455. The molecule has 3 aromatic rings. The van der Waals surface area contributed by atoms with Gasteiger partial charge < -0.3 is 9.50 Å². The normalized spacial score (nSPS) is 18.5. The van der Waals surface area contributed by atoms with Gasteiger partial charge in [0.15, 0.2) is 10.7 Å². The van der Waals surface area contributed by atoms with Gasteiger partial charge in [0.25, 0.3) is 5.91 Å². The lowest BCUT2D eigenvalue weighted by Crippen LogP contribution is -2.45. The summed E-state index contributed by atoms with van der Waals surface area (Å²) >= 11 is 8.44. The molecule has 6 nitrogen and oxygen atoms in total. The first-order valence-corrected chi connectivity index (χ1v) is 11.9. The molecule has 1 heterocycles. The predicted molar refractivity (Wildman–Crippen MR) is 124 cm³/mol. The number of benzene rings is 3. The van der Waals surface area contributed by atoms with Crippen molar-refractivity contribution in [3.05, 3.63) is 94.2 Å². The van der Waals surface area contributed by atoms with Crippen LogP contribution in [0.2, 0.25) is 0 Å². The number of amides is 1. The molecule has 1 aliphatic rings. The molecule has 0 radical (unpaired) electrons. The summed E-state index contributed by atoms with van der Waals surface area (Å²) in [6.45, 7) is 0. The maximum Gasteiger partial charge on any atom is 0.339 e. The fourth-order valence-corrected chi connectivity index (χ4v) is 5.02. The van der Waals surface area contributed by atoms with Crippen LogP contribution in [0.25, 0.3) is 0 Å². The van der Waals surface area contributed by atoms with E-state index in [-0.39, 0.29) is 26.1 Å². The van der Waals surface area contributed by atoms with Crippen LogP contribution >= 0.6 is 28.1 Å². The Morgan fingerprint density at radius 3 is 2.22 bits per heavy atom. The molecule has 3 aromatic carbocycles. The van der Waals surface area contributed by atoms with Gasteiger partial charge >= 0.3 is 10.1 Å². The van der Waals surface area contributed by atoms with E-state index < -0.39 is 21.5 Å². The van der Waals surface area contributed by atoms with Crippen molar-refractivity contribution in [1.29, 1.82) is 0 Å². The first kappa shape index (κ1) is 22.4. The van der Waals surface area contributed by atoms with Crippen molar-refractivity contribution in [1.82, 2.24) is 10.2 Å². The molecule has 1 amide bonds. The molecule has 10 heteroatoms. The van der Waals surface area contributed by atoms with Crippen molar-refractivity contribution in [3.8, 4) is 5.75 Å². The third kappa shape index (κ3) is 3.78. The minimum absolute atomic E-state index is 0.0244. The monoisotopic (exact) mass is 534 g/mol. The Labute approximate surface area is 198 Å². The van der Waals surface area contributed by atoms with Crippen molar-refractivity contribution < 1.29 is 21.8 Å². The van der Waals surface area contributed by atoms with E-state index in [2.05, 4.69) is 21.2 Å². The van der Waals surface area contributed by atoms with Gasteiger partial charge in [-0.2, -0.15) is 8.42 Å². The quantitative estimate of drug-likeness (QED) is 0.394. The molecule has 1 N–H and O–H groups in total. The zero-order valence-corrected chi connectivity index (χ0v) is 19.8. The van der Waals surface area contributed by atoms with Gasteiger partial charge in [0.05, 0.1) is 4.47 Å². The first-order chi connectivity index (χ1) is 15.1. The van der Waals surface area contributed by atoms with Crippen molar-refractivity contribution in [2.75, 3.05) is 7.05 Å². The number of halogens is 2. The summed E-state index contributed by atoms with van der Waals surface area (Å²) in [5.74, 6) is -0.749. The van der Waals surface area contributed by atoms with Crippen LogP contribution in [0.3, 0.4) is 0 Å². The number of nitrogens with zero attached hydrogens (tertiary/aromatic N) is 1. The SMILES string of the molecule is CN1C(=O)C(c2ccc(OS(=O)(=O)c3ccccc3)cc2)(c2ccc(F)c(Br)c2)NC1=S. The lowest BCUT2D eigenvalue weighted by molar-refractivity contribution is -0.129. The molecule has 0 aromatic heterocycles. The Kier molecular flexibility index (Phi) is 5.78. The molecular formula is C22H16BrFN2O4S2. The number of hydrogen-bond acceptors (Lipinski definition) is 5. The maximum atomic E-state index is 13.9. The Morgan fingerprint density at radius 1 is 1.03 bits per heavy atom. The molecule has 1 fully saturated rings. The average Bonchev–Trinajstić information content (AvgIpc) is 3.01. The van der Waals surface area contributed by atoms with Crippen LogP contribution in [-0.2, 0) is 20.5 Å². The van der Waals surface area contributed by atoms with E-state index in [0.717, 1.165) is 0 Å². The number of nitrogens with one attached hydrogen (secondary N) is 1. The molecule has 0 saturated carbocycles. The molecule has 164 valence electrons. The second-order valence-corrected chi connectivity index (χ2v) is 9.84. The minimum atomic E-state index is -4.01. The van der Waals surface area contributed by atoms with Crippen LogP contribution in [0.4, 0.5) is 4.39 Å². The van der Waals surface area contributed by atoms with E-state index in [1.165, 1.54) is 47.4 Å². The molecule has 1 atom stereocenters. The summed E-state index contributed by atoms with van der Waals surface area (Å²) in [6.07, 6.45) is 0. The lowest BCUT2D eigenvalue weighted by atomic mass is 9.82. The van der Waals surface area contributed by atoms with E-state index in [9.17, 15) is 17.6 Å². The van der Waals surface area contributed by atoms with Crippen molar-refractivity contribution >= 4 is 49.3 Å². The summed E-state index contributed by atoms with van der Waals surface area (Å²) in [6, 6.07) is 18.1. The topological polar surface area (TPSA) is 75.7 Å². The van der Waals surface area contributed by atoms with E-state index in [4.69, 9.17) is 16.4 Å². The fraction of sp³-hybridized carbons (Fsp3) is 0.0909. The highest BCUT2D eigenvalue weighted by molar-refractivity contribution is 9.10. The number of rotatable bonds is 5. The molecule has 0 bridgehead atoms. The molecular weight excluding hydrogens is 519 g/mol. The van der Waals surface area contributed by atoms with Crippen molar-refractivity contribution in [3.63, 3.8) is 0 Å². The number of carbonyl (C=O) groups is 1. The number of hydrogen-bond donors (Lipinski definition) is 1. The summed E-state index contributed by atoms with van der Waals surface area (Å²) < 4.78 is 44.2. The number of likely N-dealkylation sites (N-methyl/N-ethyl adjacent to an activating group) is 1. The minimum Gasteiger partial charge on any atom is -0.379 e. The molecule has 4 rings (SSSR count). The van der Waals surface area contributed by atoms with Gasteiger partial charge in [-0.05, 0) is 75.7 Å². The van der Waals surface area contributed by atoms with Crippen LogP contribution in [0.5, 0.6) is 5.75 Å². The Hall–Kier alpha value is -2.82. The van der Waals surface area contributed by atoms with E-state index in [1.54, 1.807) is 37.4 Å². The second kappa shape index (κ2) is 8.27. The van der Waals surface area contributed by atoms with Crippen LogP contribution < -0.4 is 9.50 Å². The van der Waals surface area contributed by atoms with Gasteiger partial charge in [-0.15, -0.1) is 0 Å². The van der Waals surface area contributed by atoms with E-state index in [1.807, 2.05) is 0 Å². The molecule has 1 saturated heterocycles.